The molecule has 0 aliphatic heterocycles. The summed E-state index contributed by atoms with van der Waals surface area (Å²) in [5.41, 5.74) is 0. The molecule has 1 aliphatic rings. The summed E-state index contributed by atoms with van der Waals surface area (Å²) in [5.74, 6) is -1.31. The number of hydrogen-bond donors (Lipinski definition) is 1. The molecule has 1 N–H and O–H groups in total. The van der Waals surface area contributed by atoms with Gasteiger partial charge in [0.2, 0.25) is 10.0 Å². The van der Waals surface area contributed by atoms with E-state index in [4.69, 9.17) is 0 Å². The summed E-state index contributed by atoms with van der Waals surface area (Å²) >= 11 is 0. The summed E-state index contributed by atoms with van der Waals surface area (Å²) in [4.78, 5) is 0.137. The fourth-order valence-electron chi connectivity index (χ4n) is 2.43. The van der Waals surface area contributed by atoms with E-state index in [-0.39, 0.29) is 30.6 Å². The fraction of sp³-hybridized carbons (Fsp3) is 0.538. The van der Waals surface area contributed by atoms with Crippen LogP contribution in [0.3, 0.4) is 0 Å². The Labute approximate surface area is 116 Å². The quantitative estimate of drug-likeness (QED) is 0.933. The van der Waals surface area contributed by atoms with Gasteiger partial charge in [0.1, 0.15) is 0 Å². The summed E-state index contributed by atoms with van der Waals surface area (Å²) in [6.07, 6.45) is -3.79. The monoisotopic (exact) mass is 307 g/mol. The molecule has 112 valence electrons. The maximum Gasteiger partial charge on any atom is 0.391 e. The zero-order valence-electron chi connectivity index (χ0n) is 10.7. The van der Waals surface area contributed by atoms with Gasteiger partial charge >= 0.3 is 6.18 Å². The number of rotatable bonds is 3. The molecule has 0 amide bonds. The van der Waals surface area contributed by atoms with Crippen LogP contribution in [0, 0.1) is 5.92 Å². The largest absolute Gasteiger partial charge is 0.391 e. The molecule has 0 bridgehead atoms. The topological polar surface area (TPSA) is 46.2 Å². The summed E-state index contributed by atoms with van der Waals surface area (Å²) in [7, 11) is -3.64. The molecule has 0 aromatic heterocycles. The molecule has 0 heterocycles. The Kier molecular flexibility index (Phi) is 4.39. The van der Waals surface area contributed by atoms with Crippen molar-refractivity contribution in [1.82, 2.24) is 4.72 Å². The Bertz CT molecular complexity index is 534. The molecule has 1 saturated carbocycles. The van der Waals surface area contributed by atoms with Crippen LogP contribution in [0.25, 0.3) is 0 Å². The highest BCUT2D eigenvalue weighted by Gasteiger charge is 2.41. The van der Waals surface area contributed by atoms with Crippen molar-refractivity contribution in [3.8, 4) is 0 Å². The normalized spacial score (nSPS) is 24.6. The molecule has 0 unspecified atom stereocenters. The molecule has 0 atom stereocenters. The van der Waals surface area contributed by atoms with Gasteiger partial charge in [-0.15, -0.1) is 0 Å². The fourth-order valence-corrected chi connectivity index (χ4v) is 3.75. The van der Waals surface area contributed by atoms with Crippen molar-refractivity contribution >= 4 is 10.0 Å². The zero-order chi connectivity index (χ0) is 14.8. The molecule has 3 nitrogen and oxygen atoms in total. The van der Waals surface area contributed by atoms with Crippen LogP contribution in [-0.2, 0) is 10.0 Å². The highest BCUT2D eigenvalue weighted by atomic mass is 32.2. The molecule has 0 radical (unpaired) electrons. The van der Waals surface area contributed by atoms with Crippen LogP contribution >= 0.6 is 0 Å². The summed E-state index contributed by atoms with van der Waals surface area (Å²) in [6, 6.07) is 7.42. The van der Waals surface area contributed by atoms with Crippen molar-refractivity contribution in [2.24, 2.45) is 5.92 Å². The second-order valence-electron chi connectivity index (χ2n) is 5.02. The van der Waals surface area contributed by atoms with E-state index < -0.39 is 28.2 Å². The first kappa shape index (κ1) is 15.3. The van der Waals surface area contributed by atoms with Crippen LogP contribution in [0.4, 0.5) is 13.2 Å². The molecule has 1 aliphatic carbocycles. The van der Waals surface area contributed by atoms with Crippen molar-refractivity contribution < 1.29 is 21.6 Å². The van der Waals surface area contributed by atoms with Crippen LogP contribution < -0.4 is 4.72 Å². The van der Waals surface area contributed by atoms with Crippen LogP contribution in [0.15, 0.2) is 35.2 Å². The van der Waals surface area contributed by atoms with Crippen molar-refractivity contribution in [2.45, 2.75) is 42.8 Å². The molecule has 0 spiro atoms. The van der Waals surface area contributed by atoms with Crippen molar-refractivity contribution in [3.63, 3.8) is 0 Å². The minimum absolute atomic E-state index is 0.0223. The molecular formula is C13H16F3NO2S. The Hall–Kier alpha value is -1.08. The van der Waals surface area contributed by atoms with Gasteiger partial charge in [-0.2, -0.15) is 13.2 Å². The van der Waals surface area contributed by atoms with Gasteiger partial charge in [-0.3, -0.25) is 0 Å². The van der Waals surface area contributed by atoms with E-state index in [9.17, 15) is 21.6 Å². The van der Waals surface area contributed by atoms with Gasteiger partial charge in [0.05, 0.1) is 10.8 Å². The van der Waals surface area contributed by atoms with E-state index in [0.717, 1.165) is 0 Å². The highest BCUT2D eigenvalue weighted by Crippen LogP contribution is 2.37. The maximum absolute atomic E-state index is 12.5. The molecule has 1 aromatic carbocycles. The second kappa shape index (κ2) is 5.73. The SMILES string of the molecule is O=S(=O)(NC1CCC(C(F)(F)F)CC1)c1ccccc1. The van der Waals surface area contributed by atoms with Gasteiger partial charge in [-0.25, -0.2) is 13.1 Å². The predicted octanol–water partition coefficient (Wildman–Crippen LogP) is 3.09. The van der Waals surface area contributed by atoms with E-state index in [1.165, 1.54) is 12.1 Å². The molecule has 2 rings (SSSR count). The number of alkyl halides is 3. The van der Waals surface area contributed by atoms with E-state index >= 15 is 0 Å². The zero-order valence-corrected chi connectivity index (χ0v) is 11.5. The van der Waals surface area contributed by atoms with Gasteiger partial charge in [-0.05, 0) is 37.8 Å². The first-order chi connectivity index (χ1) is 9.29. The number of hydrogen-bond acceptors (Lipinski definition) is 2. The molecule has 1 fully saturated rings. The Morgan fingerprint density at radius 2 is 1.55 bits per heavy atom. The Morgan fingerprint density at radius 1 is 1.00 bits per heavy atom. The third-order valence-corrected chi connectivity index (χ3v) is 5.10. The maximum atomic E-state index is 12.5. The van der Waals surface area contributed by atoms with E-state index in [0.29, 0.717) is 0 Å². The first-order valence-corrected chi connectivity index (χ1v) is 7.91. The number of nitrogens with one attached hydrogen (secondary N) is 1. The minimum atomic E-state index is -4.18. The first-order valence-electron chi connectivity index (χ1n) is 6.43. The van der Waals surface area contributed by atoms with E-state index in [1.807, 2.05) is 0 Å². The Balaban J connectivity index is 1.96. The van der Waals surface area contributed by atoms with Gasteiger partial charge < -0.3 is 0 Å². The van der Waals surface area contributed by atoms with Gasteiger partial charge in [0.25, 0.3) is 0 Å². The highest BCUT2D eigenvalue weighted by molar-refractivity contribution is 7.89. The van der Waals surface area contributed by atoms with Gasteiger partial charge in [0.15, 0.2) is 0 Å². The lowest BCUT2D eigenvalue weighted by atomic mass is 9.86. The average molecular weight is 307 g/mol. The van der Waals surface area contributed by atoms with Crippen LogP contribution in [0.1, 0.15) is 25.7 Å². The lowest BCUT2D eigenvalue weighted by Crippen LogP contribution is -2.39. The van der Waals surface area contributed by atoms with E-state index in [1.54, 1.807) is 18.2 Å². The number of sulfonamides is 1. The molecular weight excluding hydrogens is 291 g/mol. The van der Waals surface area contributed by atoms with E-state index in [2.05, 4.69) is 4.72 Å². The number of benzene rings is 1. The lowest BCUT2D eigenvalue weighted by molar-refractivity contribution is -0.182. The van der Waals surface area contributed by atoms with Crippen molar-refractivity contribution in [3.05, 3.63) is 30.3 Å². The van der Waals surface area contributed by atoms with Crippen LogP contribution in [0.5, 0.6) is 0 Å². The molecule has 20 heavy (non-hydrogen) atoms. The smallest absolute Gasteiger partial charge is 0.208 e. The molecule has 7 heteroatoms. The second-order valence-corrected chi connectivity index (χ2v) is 6.74. The minimum Gasteiger partial charge on any atom is -0.208 e. The summed E-state index contributed by atoms with van der Waals surface area (Å²) in [5, 5.41) is 0. The van der Waals surface area contributed by atoms with Gasteiger partial charge in [0, 0.05) is 6.04 Å². The third-order valence-electron chi connectivity index (χ3n) is 3.57. The predicted molar refractivity (Wildman–Crippen MR) is 68.6 cm³/mol. The van der Waals surface area contributed by atoms with Crippen molar-refractivity contribution in [1.29, 1.82) is 0 Å². The lowest BCUT2D eigenvalue weighted by Gasteiger charge is -2.30. The van der Waals surface area contributed by atoms with Crippen LogP contribution in [-0.4, -0.2) is 20.6 Å². The number of halogens is 3. The Morgan fingerprint density at radius 3 is 2.05 bits per heavy atom. The third kappa shape index (κ3) is 3.73. The summed E-state index contributed by atoms with van der Waals surface area (Å²) in [6.45, 7) is 0. The summed E-state index contributed by atoms with van der Waals surface area (Å²) < 4.78 is 64.2. The average Bonchev–Trinajstić information content (AvgIpc) is 2.39. The standard InChI is InChI=1S/C13H16F3NO2S/c14-13(15,16)10-6-8-11(9-7-10)17-20(18,19)12-4-2-1-3-5-12/h1-5,10-11,17H,6-9H2. The molecule has 0 saturated heterocycles. The van der Waals surface area contributed by atoms with Crippen molar-refractivity contribution in [2.75, 3.05) is 0 Å². The molecule has 1 aromatic rings. The van der Waals surface area contributed by atoms with Crippen LogP contribution in [0.2, 0.25) is 0 Å². The van der Waals surface area contributed by atoms with Gasteiger partial charge in [-0.1, -0.05) is 18.2 Å².